The normalized spacial score (nSPS) is 14.7. The molecule has 0 aliphatic carbocycles. The molecule has 1 aromatic rings. The lowest BCUT2D eigenvalue weighted by Crippen LogP contribution is -2.41. The lowest BCUT2D eigenvalue weighted by Gasteiger charge is -2.32. The van der Waals surface area contributed by atoms with Gasteiger partial charge < -0.3 is 14.7 Å². The van der Waals surface area contributed by atoms with Crippen molar-refractivity contribution in [3.05, 3.63) is 35.9 Å². The third-order valence-electron chi connectivity index (χ3n) is 3.26. The van der Waals surface area contributed by atoms with Crippen molar-refractivity contribution in [2.24, 2.45) is 0 Å². The minimum atomic E-state index is -0.220. The Balaban J connectivity index is 2.60. The average molecular weight is 251 g/mol. The van der Waals surface area contributed by atoms with Gasteiger partial charge in [0.2, 0.25) is 0 Å². The molecule has 102 valence electrons. The van der Waals surface area contributed by atoms with E-state index in [0.29, 0.717) is 0 Å². The number of aliphatic hydroxyl groups is 1. The molecule has 3 nitrogen and oxygen atoms in total. The predicted octanol–water partition coefficient (Wildman–Crippen LogP) is 1.90. The molecule has 3 heteroatoms. The van der Waals surface area contributed by atoms with Gasteiger partial charge in [0.15, 0.2) is 0 Å². The van der Waals surface area contributed by atoms with Gasteiger partial charge in [-0.25, -0.2) is 0 Å². The number of hydrogen-bond donors (Lipinski definition) is 1. The van der Waals surface area contributed by atoms with Gasteiger partial charge in [-0.1, -0.05) is 37.3 Å². The molecule has 0 heterocycles. The fourth-order valence-corrected chi connectivity index (χ4v) is 2.11. The van der Waals surface area contributed by atoms with Crippen LogP contribution in [-0.2, 0) is 10.2 Å². The van der Waals surface area contributed by atoms with Gasteiger partial charge in [0.25, 0.3) is 0 Å². The second-order valence-electron chi connectivity index (χ2n) is 5.02. The molecule has 0 aliphatic heterocycles. The van der Waals surface area contributed by atoms with E-state index in [4.69, 9.17) is 4.74 Å². The number of hydrogen-bond acceptors (Lipinski definition) is 3. The highest BCUT2D eigenvalue weighted by Gasteiger charge is 2.27. The third kappa shape index (κ3) is 4.41. The van der Waals surface area contributed by atoms with E-state index in [0.717, 1.165) is 26.3 Å². The maximum atomic E-state index is 9.70. The van der Waals surface area contributed by atoms with Crippen LogP contribution in [-0.4, -0.2) is 50.0 Å². The summed E-state index contributed by atoms with van der Waals surface area (Å²) in [5.74, 6) is 0. The van der Waals surface area contributed by atoms with Gasteiger partial charge in [-0.15, -0.1) is 0 Å². The van der Waals surface area contributed by atoms with Crippen LogP contribution in [0.2, 0.25) is 0 Å². The van der Waals surface area contributed by atoms with Crippen LogP contribution >= 0.6 is 0 Å². The molecular weight excluding hydrogens is 226 g/mol. The molecule has 0 fully saturated rings. The van der Waals surface area contributed by atoms with Crippen molar-refractivity contribution in [1.29, 1.82) is 0 Å². The molecule has 0 radical (unpaired) electrons. The van der Waals surface area contributed by atoms with Crippen LogP contribution in [0.5, 0.6) is 0 Å². The Bertz CT molecular complexity index is 329. The first-order valence-electron chi connectivity index (χ1n) is 6.55. The molecule has 0 saturated heterocycles. The van der Waals surface area contributed by atoms with Crippen LogP contribution in [0.4, 0.5) is 0 Å². The van der Waals surface area contributed by atoms with Crippen LogP contribution in [0.25, 0.3) is 0 Å². The zero-order valence-electron chi connectivity index (χ0n) is 11.7. The Labute approximate surface area is 110 Å². The average Bonchev–Trinajstić information content (AvgIpc) is 2.40. The van der Waals surface area contributed by atoms with E-state index in [-0.39, 0.29) is 12.0 Å². The standard InChI is InChI=1S/C15H25NO2/c1-4-18-11-10-16(3)12-15(2,13-17)14-8-6-5-7-9-14/h5-9,17H,4,10-13H2,1-3H3. The van der Waals surface area contributed by atoms with E-state index in [1.807, 2.05) is 25.1 Å². The van der Waals surface area contributed by atoms with Crippen molar-refractivity contribution >= 4 is 0 Å². The molecule has 0 amide bonds. The van der Waals surface area contributed by atoms with Crippen molar-refractivity contribution in [2.45, 2.75) is 19.3 Å². The van der Waals surface area contributed by atoms with Crippen molar-refractivity contribution < 1.29 is 9.84 Å². The Kier molecular flexibility index (Phi) is 6.33. The molecule has 1 rings (SSSR count). The number of ether oxygens (including phenoxy) is 1. The number of nitrogens with zero attached hydrogens (tertiary/aromatic N) is 1. The zero-order chi connectivity index (χ0) is 13.4. The Morgan fingerprint density at radius 1 is 1.28 bits per heavy atom. The predicted molar refractivity (Wildman–Crippen MR) is 74.9 cm³/mol. The smallest absolute Gasteiger partial charge is 0.0593 e. The van der Waals surface area contributed by atoms with Gasteiger partial charge >= 0.3 is 0 Å². The first-order chi connectivity index (χ1) is 8.62. The van der Waals surface area contributed by atoms with Crippen LogP contribution in [0.1, 0.15) is 19.4 Å². The van der Waals surface area contributed by atoms with Crippen molar-refractivity contribution in [3.8, 4) is 0 Å². The minimum absolute atomic E-state index is 0.149. The molecule has 0 aliphatic rings. The number of rotatable bonds is 8. The van der Waals surface area contributed by atoms with Gasteiger partial charge in [0.05, 0.1) is 13.2 Å². The van der Waals surface area contributed by atoms with Gasteiger partial charge in [-0.2, -0.15) is 0 Å². The Morgan fingerprint density at radius 3 is 2.50 bits per heavy atom. The second-order valence-corrected chi connectivity index (χ2v) is 5.02. The summed E-state index contributed by atoms with van der Waals surface area (Å²) >= 11 is 0. The first-order valence-corrected chi connectivity index (χ1v) is 6.55. The Hall–Kier alpha value is -0.900. The van der Waals surface area contributed by atoms with E-state index < -0.39 is 0 Å². The first kappa shape index (κ1) is 15.2. The maximum absolute atomic E-state index is 9.70. The summed E-state index contributed by atoms with van der Waals surface area (Å²) in [7, 11) is 2.07. The summed E-state index contributed by atoms with van der Waals surface area (Å²) in [6.45, 7) is 7.45. The summed E-state index contributed by atoms with van der Waals surface area (Å²) in [6.07, 6.45) is 0. The number of benzene rings is 1. The van der Waals surface area contributed by atoms with Gasteiger partial charge in [0, 0.05) is 25.1 Å². The SMILES string of the molecule is CCOCCN(C)CC(C)(CO)c1ccccc1. The lowest BCUT2D eigenvalue weighted by molar-refractivity contribution is 0.103. The molecule has 1 unspecified atom stereocenters. The van der Waals surface area contributed by atoms with E-state index >= 15 is 0 Å². The minimum Gasteiger partial charge on any atom is -0.395 e. The highest BCUT2D eigenvalue weighted by Crippen LogP contribution is 2.23. The monoisotopic (exact) mass is 251 g/mol. The van der Waals surface area contributed by atoms with Gasteiger partial charge in [-0.05, 0) is 19.5 Å². The Morgan fingerprint density at radius 2 is 1.94 bits per heavy atom. The number of aliphatic hydroxyl groups excluding tert-OH is 1. The highest BCUT2D eigenvalue weighted by atomic mass is 16.5. The topological polar surface area (TPSA) is 32.7 Å². The third-order valence-corrected chi connectivity index (χ3v) is 3.26. The molecule has 1 aromatic carbocycles. The van der Waals surface area contributed by atoms with E-state index in [2.05, 4.69) is 31.0 Å². The van der Waals surface area contributed by atoms with Crippen molar-refractivity contribution in [1.82, 2.24) is 4.90 Å². The molecule has 1 N–H and O–H groups in total. The van der Waals surface area contributed by atoms with Gasteiger partial charge in [0.1, 0.15) is 0 Å². The van der Waals surface area contributed by atoms with E-state index in [1.54, 1.807) is 0 Å². The number of likely N-dealkylation sites (N-methyl/N-ethyl adjacent to an activating group) is 1. The summed E-state index contributed by atoms with van der Waals surface area (Å²) in [5, 5.41) is 9.70. The van der Waals surface area contributed by atoms with Crippen LogP contribution in [0.15, 0.2) is 30.3 Å². The molecule has 0 spiro atoms. The fourth-order valence-electron chi connectivity index (χ4n) is 2.11. The van der Waals surface area contributed by atoms with Gasteiger partial charge in [-0.3, -0.25) is 0 Å². The highest BCUT2D eigenvalue weighted by molar-refractivity contribution is 5.25. The molecule has 0 bridgehead atoms. The van der Waals surface area contributed by atoms with Crippen molar-refractivity contribution in [3.63, 3.8) is 0 Å². The lowest BCUT2D eigenvalue weighted by atomic mass is 9.83. The quantitative estimate of drug-likeness (QED) is 0.716. The largest absolute Gasteiger partial charge is 0.395 e. The van der Waals surface area contributed by atoms with Crippen molar-refractivity contribution in [2.75, 3.05) is 40.0 Å². The molecule has 1 atom stereocenters. The van der Waals surface area contributed by atoms with E-state index in [9.17, 15) is 5.11 Å². The summed E-state index contributed by atoms with van der Waals surface area (Å²) in [6, 6.07) is 10.2. The summed E-state index contributed by atoms with van der Waals surface area (Å²) < 4.78 is 5.35. The zero-order valence-corrected chi connectivity index (χ0v) is 11.7. The summed E-state index contributed by atoms with van der Waals surface area (Å²) in [4.78, 5) is 2.21. The van der Waals surface area contributed by atoms with Crippen LogP contribution in [0, 0.1) is 0 Å². The molecular formula is C15H25NO2. The molecule has 0 saturated carbocycles. The van der Waals surface area contributed by atoms with Crippen LogP contribution < -0.4 is 0 Å². The molecule has 0 aromatic heterocycles. The maximum Gasteiger partial charge on any atom is 0.0593 e. The fraction of sp³-hybridized carbons (Fsp3) is 0.600. The second kappa shape index (κ2) is 7.52. The van der Waals surface area contributed by atoms with Crippen LogP contribution in [0.3, 0.4) is 0 Å². The van der Waals surface area contributed by atoms with E-state index in [1.165, 1.54) is 5.56 Å². The molecule has 18 heavy (non-hydrogen) atoms. The summed E-state index contributed by atoms with van der Waals surface area (Å²) in [5.41, 5.74) is 0.957.